The van der Waals surface area contributed by atoms with Gasteiger partial charge in [-0.15, -0.1) is 0 Å². The Morgan fingerprint density at radius 1 is 1.46 bits per heavy atom. The zero-order valence-corrected chi connectivity index (χ0v) is 7.82. The van der Waals surface area contributed by atoms with E-state index in [1.165, 1.54) is 0 Å². The summed E-state index contributed by atoms with van der Waals surface area (Å²) in [6.07, 6.45) is 1.96. The second-order valence-electron chi connectivity index (χ2n) is 3.69. The molecule has 0 spiro atoms. The zero-order valence-electron chi connectivity index (χ0n) is 7.82. The SMILES string of the molecule is CC1(C)OC2C=C(CCO)OC2O1. The standard InChI is InChI=1S/C9H14O4/c1-9(2)12-7-5-6(3-4-10)11-8(7)13-9/h5,7-8,10H,3-4H2,1-2H3. The van der Waals surface area contributed by atoms with Crippen LogP contribution in [0, 0.1) is 0 Å². The molecular formula is C9H14O4. The lowest BCUT2D eigenvalue weighted by Crippen LogP contribution is -2.22. The third-order valence-corrected chi connectivity index (χ3v) is 2.06. The normalized spacial score (nSPS) is 35.5. The van der Waals surface area contributed by atoms with E-state index in [9.17, 15) is 0 Å². The van der Waals surface area contributed by atoms with Gasteiger partial charge in [0.15, 0.2) is 5.79 Å². The van der Waals surface area contributed by atoms with Crippen LogP contribution in [0.2, 0.25) is 0 Å². The summed E-state index contributed by atoms with van der Waals surface area (Å²) in [5.41, 5.74) is 0. The molecule has 1 saturated heterocycles. The van der Waals surface area contributed by atoms with Gasteiger partial charge in [0.25, 0.3) is 0 Å². The molecule has 2 rings (SSSR count). The Morgan fingerprint density at radius 3 is 2.85 bits per heavy atom. The number of rotatable bonds is 2. The fourth-order valence-corrected chi connectivity index (χ4v) is 1.59. The first-order valence-corrected chi connectivity index (χ1v) is 4.44. The van der Waals surface area contributed by atoms with E-state index < -0.39 is 5.79 Å². The van der Waals surface area contributed by atoms with Gasteiger partial charge in [-0.1, -0.05) is 0 Å². The van der Waals surface area contributed by atoms with E-state index in [0.29, 0.717) is 6.42 Å². The van der Waals surface area contributed by atoms with Crippen LogP contribution in [0.15, 0.2) is 11.8 Å². The van der Waals surface area contributed by atoms with Gasteiger partial charge in [-0.25, -0.2) is 0 Å². The van der Waals surface area contributed by atoms with Crippen molar-refractivity contribution < 1.29 is 19.3 Å². The smallest absolute Gasteiger partial charge is 0.232 e. The minimum absolute atomic E-state index is 0.0919. The molecule has 0 aromatic rings. The van der Waals surface area contributed by atoms with Gasteiger partial charge in [0.2, 0.25) is 6.29 Å². The molecule has 13 heavy (non-hydrogen) atoms. The van der Waals surface area contributed by atoms with Gasteiger partial charge in [0.1, 0.15) is 11.9 Å². The summed E-state index contributed by atoms with van der Waals surface area (Å²) in [6.45, 7) is 3.80. The highest BCUT2D eigenvalue weighted by atomic mass is 16.8. The Hall–Kier alpha value is -0.580. The number of hydrogen-bond acceptors (Lipinski definition) is 4. The molecule has 1 N–H and O–H groups in total. The second-order valence-corrected chi connectivity index (χ2v) is 3.69. The van der Waals surface area contributed by atoms with Gasteiger partial charge < -0.3 is 19.3 Å². The van der Waals surface area contributed by atoms with Crippen LogP contribution in [0.3, 0.4) is 0 Å². The first-order valence-electron chi connectivity index (χ1n) is 4.44. The summed E-state index contributed by atoms with van der Waals surface area (Å²) in [4.78, 5) is 0. The van der Waals surface area contributed by atoms with E-state index in [-0.39, 0.29) is 19.0 Å². The van der Waals surface area contributed by atoms with Crippen molar-refractivity contribution in [1.29, 1.82) is 0 Å². The van der Waals surface area contributed by atoms with E-state index in [4.69, 9.17) is 19.3 Å². The minimum atomic E-state index is -0.559. The van der Waals surface area contributed by atoms with Crippen LogP contribution < -0.4 is 0 Å². The summed E-state index contributed by atoms with van der Waals surface area (Å²) in [6, 6.07) is 0. The summed E-state index contributed by atoms with van der Waals surface area (Å²) in [5.74, 6) is 0.198. The van der Waals surface area contributed by atoms with Gasteiger partial charge in [-0.05, 0) is 19.9 Å². The molecule has 0 amide bonds. The fraction of sp³-hybridized carbons (Fsp3) is 0.778. The Labute approximate surface area is 77.1 Å². The Morgan fingerprint density at radius 2 is 2.23 bits per heavy atom. The summed E-state index contributed by atoms with van der Waals surface area (Å²) in [5, 5.41) is 8.69. The average Bonchev–Trinajstić information content (AvgIpc) is 2.41. The molecule has 0 aliphatic carbocycles. The molecule has 4 nitrogen and oxygen atoms in total. The van der Waals surface area contributed by atoms with Gasteiger partial charge in [-0.3, -0.25) is 0 Å². The molecule has 2 aliphatic heterocycles. The van der Waals surface area contributed by atoms with Crippen LogP contribution in [-0.4, -0.2) is 29.9 Å². The first-order chi connectivity index (χ1) is 6.11. The third-order valence-electron chi connectivity index (χ3n) is 2.06. The van der Waals surface area contributed by atoms with E-state index in [2.05, 4.69) is 0 Å². The molecule has 0 aromatic heterocycles. The van der Waals surface area contributed by atoms with Gasteiger partial charge in [0, 0.05) is 6.42 Å². The molecule has 1 fully saturated rings. The van der Waals surface area contributed by atoms with Crippen LogP contribution in [0.25, 0.3) is 0 Å². The largest absolute Gasteiger partial charge is 0.466 e. The van der Waals surface area contributed by atoms with E-state index >= 15 is 0 Å². The van der Waals surface area contributed by atoms with Crippen LogP contribution >= 0.6 is 0 Å². The number of hydrogen-bond donors (Lipinski definition) is 1. The van der Waals surface area contributed by atoms with Crippen molar-refractivity contribution in [3.05, 3.63) is 11.8 Å². The van der Waals surface area contributed by atoms with Crippen molar-refractivity contribution in [2.24, 2.45) is 0 Å². The molecule has 0 radical (unpaired) electrons. The zero-order chi connectivity index (χ0) is 9.47. The topological polar surface area (TPSA) is 47.9 Å². The molecule has 0 saturated carbocycles. The summed E-state index contributed by atoms with van der Waals surface area (Å²) >= 11 is 0. The highest BCUT2D eigenvalue weighted by molar-refractivity contribution is 5.08. The quantitative estimate of drug-likeness (QED) is 0.691. The lowest BCUT2D eigenvalue weighted by molar-refractivity contribution is -0.181. The predicted molar refractivity (Wildman–Crippen MR) is 44.7 cm³/mol. The van der Waals surface area contributed by atoms with Crippen molar-refractivity contribution in [1.82, 2.24) is 0 Å². The predicted octanol–water partition coefficient (Wildman–Crippen LogP) is 0.760. The molecular weight excluding hydrogens is 172 g/mol. The molecule has 4 heteroatoms. The molecule has 74 valence electrons. The fourth-order valence-electron chi connectivity index (χ4n) is 1.59. The van der Waals surface area contributed by atoms with Crippen molar-refractivity contribution >= 4 is 0 Å². The van der Waals surface area contributed by atoms with E-state index in [1.807, 2.05) is 19.9 Å². The maximum Gasteiger partial charge on any atom is 0.232 e. The maximum atomic E-state index is 8.69. The van der Waals surface area contributed by atoms with Crippen LogP contribution in [0.1, 0.15) is 20.3 Å². The van der Waals surface area contributed by atoms with Crippen molar-refractivity contribution in [2.75, 3.05) is 6.61 Å². The molecule has 0 aromatic carbocycles. The third kappa shape index (κ3) is 1.70. The summed E-state index contributed by atoms with van der Waals surface area (Å²) in [7, 11) is 0. The molecule has 2 heterocycles. The Balaban J connectivity index is 2.00. The average molecular weight is 186 g/mol. The minimum Gasteiger partial charge on any atom is -0.466 e. The van der Waals surface area contributed by atoms with Crippen LogP contribution in [0.5, 0.6) is 0 Å². The van der Waals surface area contributed by atoms with Gasteiger partial charge in [0.05, 0.1) is 6.61 Å². The first kappa shape index (κ1) is 8.99. The lowest BCUT2D eigenvalue weighted by Gasteiger charge is -2.17. The monoisotopic (exact) mass is 186 g/mol. The van der Waals surface area contributed by atoms with Crippen molar-refractivity contribution in [2.45, 2.75) is 38.4 Å². The van der Waals surface area contributed by atoms with Gasteiger partial charge >= 0.3 is 0 Å². The van der Waals surface area contributed by atoms with Crippen LogP contribution in [-0.2, 0) is 14.2 Å². The molecule has 2 unspecified atom stereocenters. The van der Waals surface area contributed by atoms with E-state index in [1.54, 1.807) is 0 Å². The Bertz CT molecular complexity index is 234. The number of fused-ring (bicyclic) bond motifs is 1. The number of aliphatic hydroxyl groups is 1. The van der Waals surface area contributed by atoms with Gasteiger partial charge in [-0.2, -0.15) is 0 Å². The molecule has 2 atom stereocenters. The Kier molecular flexibility index (Phi) is 2.06. The molecule has 2 aliphatic rings. The lowest BCUT2D eigenvalue weighted by atomic mass is 10.3. The maximum absolute atomic E-state index is 8.69. The number of ether oxygens (including phenoxy) is 3. The van der Waals surface area contributed by atoms with Crippen LogP contribution in [0.4, 0.5) is 0 Å². The second kappa shape index (κ2) is 2.97. The van der Waals surface area contributed by atoms with E-state index in [0.717, 1.165) is 5.76 Å². The molecule has 0 bridgehead atoms. The highest BCUT2D eigenvalue weighted by Crippen LogP contribution is 2.35. The summed E-state index contributed by atoms with van der Waals surface area (Å²) < 4.78 is 16.4. The van der Waals surface area contributed by atoms with Crippen molar-refractivity contribution in [3.8, 4) is 0 Å². The van der Waals surface area contributed by atoms with Crippen molar-refractivity contribution in [3.63, 3.8) is 0 Å². The highest BCUT2D eigenvalue weighted by Gasteiger charge is 2.45. The number of aliphatic hydroxyl groups excluding tert-OH is 1.